The van der Waals surface area contributed by atoms with Crippen LogP contribution in [0.1, 0.15) is 35.2 Å². The molecule has 3 N–H and O–H groups in total. The van der Waals surface area contributed by atoms with Crippen LogP contribution in [0.5, 0.6) is 0 Å². The van der Waals surface area contributed by atoms with Gasteiger partial charge >= 0.3 is 0 Å². The maximum atomic E-state index is 12.0. The van der Waals surface area contributed by atoms with Crippen molar-refractivity contribution in [3.05, 3.63) is 21.9 Å². The summed E-state index contributed by atoms with van der Waals surface area (Å²) >= 11 is 1.57. The smallest absolute Gasteiger partial charge is 0.252 e. The number of hydrogen-bond acceptors (Lipinski definition) is 3. The number of thiophene rings is 1. The van der Waals surface area contributed by atoms with Gasteiger partial charge in [0.2, 0.25) is 0 Å². The lowest BCUT2D eigenvalue weighted by Gasteiger charge is -2.19. The molecule has 2 rings (SSSR count). The van der Waals surface area contributed by atoms with Crippen LogP contribution in [0.15, 0.2) is 10.8 Å². The summed E-state index contributed by atoms with van der Waals surface area (Å²) in [6.07, 6.45) is 3.39. The average molecular weight is 238 g/mol. The van der Waals surface area contributed by atoms with E-state index in [-0.39, 0.29) is 11.9 Å². The lowest BCUT2D eigenvalue weighted by molar-refractivity contribution is 0.0928. The fraction of sp³-hybridized carbons (Fsp3) is 0.583. The monoisotopic (exact) mass is 238 g/mol. The molecule has 1 aliphatic rings. The van der Waals surface area contributed by atoms with Crippen LogP contribution in [0.3, 0.4) is 0 Å². The topological polar surface area (TPSA) is 55.1 Å². The van der Waals surface area contributed by atoms with E-state index in [4.69, 9.17) is 5.73 Å². The summed E-state index contributed by atoms with van der Waals surface area (Å²) < 4.78 is 0. The van der Waals surface area contributed by atoms with E-state index in [1.54, 1.807) is 11.3 Å². The fourth-order valence-electron chi connectivity index (χ4n) is 2.35. The molecule has 2 atom stereocenters. The standard InChI is InChI=1S/C12H18N2OS/c1-8-6-16-7-10(8)12(15)14-11-4-2-3-9(11)5-13/h6-7,9,11H,2-5,13H2,1H3,(H,14,15). The Morgan fingerprint density at radius 1 is 1.56 bits per heavy atom. The summed E-state index contributed by atoms with van der Waals surface area (Å²) in [6, 6.07) is 0.275. The van der Waals surface area contributed by atoms with E-state index in [9.17, 15) is 4.79 Å². The number of aryl methyl sites for hydroxylation is 1. The first-order valence-corrected chi connectivity index (χ1v) is 6.70. The third-order valence-corrected chi connectivity index (χ3v) is 4.24. The van der Waals surface area contributed by atoms with Crippen molar-refractivity contribution >= 4 is 17.2 Å². The molecule has 4 heteroatoms. The first-order valence-electron chi connectivity index (χ1n) is 5.76. The highest BCUT2D eigenvalue weighted by molar-refractivity contribution is 7.08. The molecule has 1 aliphatic carbocycles. The Morgan fingerprint density at radius 3 is 3.00 bits per heavy atom. The minimum atomic E-state index is 0.0594. The van der Waals surface area contributed by atoms with Crippen molar-refractivity contribution in [2.24, 2.45) is 11.7 Å². The molecule has 2 unspecified atom stereocenters. The van der Waals surface area contributed by atoms with E-state index in [1.807, 2.05) is 17.7 Å². The third-order valence-electron chi connectivity index (χ3n) is 3.38. The molecule has 1 aromatic rings. The molecule has 0 aliphatic heterocycles. The lowest BCUT2D eigenvalue weighted by Crippen LogP contribution is -2.39. The predicted octanol–water partition coefficient (Wildman–Crippen LogP) is 1.91. The summed E-state index contributed by atoms with van der Waals surface area (Å²) in [7, 11) is 0. The average Bonchev–Trinajstić information content (AvgIpc) is 2.86. The van der Waals surface area contributed by atoms with Crippen LogP contribution in [0.2, 0.25) is 0 Å². The fourth-order valence-corrected chi connectivity index (χ4v) is 3.18. The van der Waals surface area contributed by atoms with Gasteiger partial charge in [0, 0.05) is 11.4 Å². The maximum Gasteiger partial charge on any atom is 0.252 e. The van der Waals surface area contributed by atoms with Crippen molar-refractivity contribution in [3.8, 4) is 0 Å². The van der Waals surface area contributed by atoms with E-state index in [2.05, 4.69) is 5.32 Å². The van der Waals surface area contributed by atoms with Crippen LogP contribution in [-0.2, 0) is 0 Å². The van der Waals surface area contributed by atoms with Crippen molar-refractivity contribution in [1.82, 2.24) is 5.32 Å². The molecule has 1 fully saturated rings. The largest absolute Gasteiger partial charge is 0.349 e. The number of hydrogen-bond donors (Lipinski definition) is 2. The van der Waals surface area contributed by atoms with Crippen LogP contribution in [0.25, 0.3) is 0 Å². The van der Waals surface area contributed by atoms with E-state index >= 15 is 0 Å². The highest BCUT2D eigenvalue weighted by Gasteiger charge is 2.27. The minimum Gasteiger partial charge on any atom is -0.349 e. The van der Waals surface area contributed by atoms with Crippen LogP contribution in [0, 0.1) is 12.8 Å². The molecule has 1 saturated carbocycles. The van der Waals surface area contributed by atoms with Gasteiger partial charge in [-0.05, 0) is 43.2 Å². The summed E-state index contributed by atoms with van der Waals surface area (Å²) in [5.41, 5.74) is 7.57. The zero-order valence-corrected chi connectivity index (χ0v) is 10.3. The third kappa shape index (κ3) is 2.28. The predicted molar refractivity (Wildman–Crippen MR) is 66.7 cm³/mol. The number of carbonyl (C=O) groups is 1. The number of amides is 1. The number of nitrogens with two attached hydrogens (primary N) is 1. The van der Waals surface area contributed by atoms with Crippen molar-refractivity contribution in [1.29, 1.82) is 0 Å². The van der Waals surface area contributed by atoms with E-state index < -0.39 is 0 Å². The Labute approximate surface area is 100 Å². The van der Waals surface area contributed by atoms with E-state index in [0.717, 1.165) is 24.0 Å². The summed E-state index contributed by atoms with van der Waals surface area (Å²) in [5.74, 6) is 0.520. The molecule has 1 heterocycles. The van der Waals surface area contributed by atoms with Gasteiger partial charge in [-0.1, -0.05) is 6.42 Å². The quantitative estimate of drug-likeness (QED) is 0.845. The van der Waals surface area contributed by atoms with Crippen LogP contribution in [-0.4, -0.2) is 18.5 Å². The molecule has 16 heavy (non-hydrogen) atoms. The minimum absolute atomic E-state index is 0.0594. The molecule has 0 bridgehead atoms. The first kappa shape index (κ1) is 11.6. The molecular formula is C12H18N2OS. The molecule has 0 aromatic carbocycles. The van der Waals surface area contributed by atoms with Crippen LogP contribution < -0.4 is 11.1 Å². The molecule has 3 nitrogen and oxygen atoms in total. The molecule has 0 radical (unpaired) electrons. The Kier molecular flexibility index (Phi) is 3.61. The zero-order chi connectivity index (χ0) is 11.5. The Hall–Kier alpha value is -0.870. The second-order valence-corrected chi connectivity index (χ2v) is 5.22. The lowest BCUT2D eigenvalue weighted by atomic mass is 10.0. The number of rotatable bonds is 3. The van der Waals surface area contributed by atoms with Gasteiger partial charge in [0.15, 0.2) is 0 Å². The highest BCUT2D eigenvalue weighted by atomic mass is 32.1. The van der Waals surface area contributed by atoms with E-state index in [1.165, 1.54) is 6.42 Å². The van der Waals surface area contributed by atoms with Gasteiger partial charge in [0.05, 0.1) is 5.56 Å². The molecule has 0 saturated heterocycles. The molecule has 1 amide bonds. The van der Waals surface area contributed by atoms with Gasteiger partial charge in [-0.25, -0.2) is 0 Å². The highest BCUT2D eigenvalue weighted by Crippen LogP contribution is 2.25. The number of carbonyl (C=O) groups excluding carboxylic acids is 1. The second kappa shape index (κ2) is 4.97. The van der Waals surface area contributed by atoms with Crippen molar-refractivity contribution in [3.63, 3.8) is 0 Å². The molecule has 0 spiro atoms. The van der Waals surface area contributed by atoms with E-state index in [0.29, 0.717) is 12.5 Å². The zero-order valence-electron chi connectivity index (χ0n) is 9.53. The second-order valence-electron chi connectivity index (χ2n) is 4.48. The Balaban J connectivity index is 2.00. The van der Waals surface area contributed by atoms with Crippen molar-refractivity contribution in [2.75, 3.05) is 6.54 Å². The summed E-state index contributed by atoms with van der Waals surface area (Å²) in [5, 5.41) is 7.03. The molecule has 88 valence electrons. The van der Waals surface area contributed by atoms with Crippen LogP contribution in [0.4, 0.5) is 0 Å². The maximum absolute atomic E-state index is 12.0. The van der Waals surface area contributed by atoms with Crippen molar-refractivity contribution < 1.29 is 4.79 Å². The van der Waals surface area contributed by atoms with Gasteiger partial charge in [-0.3, -0.25) is 4.79 Å². The molecule has 1 aromatic heterocycles. The Morgan fingerprint density at radius 2 is 2.38 bits per heavy atom. The summed E-state index contributed by atoms with van der Waals surface area (Å²) in [4.78, 5) is 12.0. The summed E-state index contributed by atoms with van der Waals surface area (Å²) in [6.45, 7) is 2.65. The van der Waals surface area contributed by atoms with Crippen LogP contribution >= 0.6 is 11.3 Å². The van der Waals surface area contributed by atoms with Gasteiger partial charge in [-0.15, -0.1) is 0 Å². The van der Waals surface area contributed by atoms with Crippen molar-refractivity contribution in [2.45, 2.75) is 32.2 Å². The van der Waals surface area contributed by atoms with Gasteiger partial charge in [0.25, 0.3) is 5.91 Å². The normalized spacial score (nSPS) is 24.6. The Bertz CT molecular complexity index is 375. The number of nitrogens with one attached hydrogen (secondary N) is 1. The first-order chi connectivity index (χ1) is 7.72. The van der Waals surface area contributed by atoms with Gasteiger partial charge in [-0.2, -0.15) is 11.3 Å². The van der Waals surface area contributed by atoms with Gasteiger partial charge < -0.3 is 11.1 Å². The SMILES string of the molecule is Cc1cscc1C(=O)NC1CCCC1CN. The van der Waals surface area contributed by atoms with Gasteiger partial charge in [0.1, 0.15) is 0 Å². The molecular weight excluding hydrogens is 220 g/mol.